The van der Waals surface area contributed by atoms with Gasteiger partial charge in [-0.25, -0.2) is 4.98 Å². The number of hydrogen-bond donors (Lipinski definition) is 1. The Morgan fingerprint density at radius 1 is 1.32 bits per heavy atom. The molecule has 0 bridgehead atoms. The molecule has 0 unspecified atom stereocenters. The molecule has 1 saturated heterocycles. The number of aromatic nitrogens is 2. The van der Waals surface area contributed by atoms with E-state index in [0.717, 1.165) is 11.4 Å². The lowest BCUT2D eigenvalue weighted by Crippen LogP contribution is -2.24. The van der Waals surface area contributed by atoms with Crippen LogP contribution in [0.1, 0.15) is 17.3 Å². The second-order valence-electron chi connectivity index (χ2n) is 6.28. The molecule has 1 aromatic carbocycles. The number of carbonyl (C=O) groups is 1. The SMILES string of the molecule is COc1cccc([C@@H]2CN(Cc3nccn3C)C[C@H]2C(=O)O)c1OC. The number of carboxylic acids is 1. The van der Waals surface area contributed by atoms with E-state index in [9.17, 15) is 9.90 Å². The van der Waals surface area contributed by atoms with Crippen LogP contribution in [0.15, 0.2) is 30.6 Å². The molecule has 1 aliphatic rings. The van der Waals surface area contributed by atoms with Crippen LogP contribution >= 0.6 is 0 Å². The molecule has 134 valence electrons. The van der Waals surface area contributed by atoms with Gasteiger partial charge in [-0.05, 0) is 6.07 Å². The van der Waals surface area contributed by atoms with E-state index in [1.165, 1.54) is 0 Å². The van der Waals surface area contributed by atoms with Gasteiger partial charge in [0.1, 0.15) is 5.82 Å². The number of benzene rings is 1. The standard InChI is InChI=1S/C18H23N3O4/c1-20-8-7-19-16(20)11-21-9-13(14(10-21)18(22)23)12-5-4-6-15(24-2)17(12)25-3/h4-8,13-14H,9-11H2,1-3H3,(H,22,23)/t13-,14+/m0/s1. The molecule has 0 spiro atoms. The third-order valence-electron chi connectivity index (χ3n) is 4.83. The van der Waals surface area contributed by atoms with Crippen molar-refractivity contribution in [3.63, 3.8) is 0 Å². The molecule has 7 nitrogen and oxygen atoms in total. The normalized spacial score (nSPS) is 20.6. The number of methoxy groups -OCH3 is 2. The van der Waals surface area contributed by atoms with E-state index in [1.807, 2.05) is 36.0 Å². The molecule has 2 aromatic rings. The minimum Gasteiger partial charge on any atom is -0.493 e. The summed E-state index contributed by atoms with van der Waals surface area (Å²) in [4.78, 5) is 18.3. The predicted molar refractivity (Wildman–Crippen MR) is 91.9 cm³/mol. The first kappa shape index (κ1) is 17.3. The van der Waals surface area contributed by atoms with Crippen LogP contribution in [0.2, 0.25) is 0 Å². The maximum Gasteiger partial charge on any atom is 0.308 e. The highest BCUT2D eigenvalue weighted by atomic mass is 16.5. The summed E-state index contributed by atoms with van der Waals surface area (Å²) < 4.78 is 12.8. The van der Waals surface area contributed by atoms with Crippen LogP contribution < -0.4 is 9.47 Å². The number of hydrogen-bond acceptors (Lipinski definition) is 5. The number of ether oxygens (including phenoxy) is 2. The van der Waals surface area contributed by atoms with Gasteiger partial charge in [0.15, 0.2) is 11.5 Å². The molecule has 1 aliphatic heterocycles. The molecular formula is C18H23N3O4. The highest BCUT2D eigenvalue weighted by molar-refractivity contribution is 5.73. The van der Waals surface area contributed by atoms with Crippen molar-refractivity contribution in [2.75, 3.05) is 27.3 Å². The minimum atomic E-state index is -0.794. The van der Waals surface area contributed by atoms with E-state index in [2.05, 4.69) is 9.88 Å². The first-order valence-electron chi connectivity index (χ1n) is 8.17. The molecule has 0 saturated carbocycles. The van der Waals surface area contributed by atoms with E-state index >= 15 is 0 Å². The lowest BCUT2D eigenvalue weighted by Gasteiger charge is -2.20. The second kappa shape index (κ2) is 7.14. The van der Waals surface area contributed by atoms with Gasteiger partial charge in [-0.1, -0.05) is 12.1 Å². The molecule has 2 heterocycles. The summed E-state index contributed by atoms with van der Waals surface area (Å²) in [6, 6.07) is 5.61. The van der Waals surface area contributed by atoms with Gasteiger partial charge in [-0.15, -0.1) is 0 Å². The van der Waals surface area contributed by atoms with Gasteiger partial charge < -0.3 is 19.1 Å². The van der Waals surface area contributed by atoms with Crippen molar-refractivity contribution in [1.29, 1.82) is 0 Å². The molecule has 1 fully saturated rings. The molecule has 1 N–H and O–H groups in total. The van der Waals surface area contributed by atoms with Gasteiger partial charge in [0.05, 0.1) is 26.7 Å². The van der Waals surface area contributed by atoms with E-state index in [0.29, 0.717) is 31.1 Å². The number of imidazole rings is 1. The van der Waals surface area contributed by atoms with Gasteiger partial charge in [-0.2, -0.15) is 0 Å². The summed E-state index contributed by atoms with van der Waals surface area (Å²) in [6.45, 7) is 1.73. The summed E-state index contributed by atoms with van der Waals surface area (Å²) in [6.07, 6.45) is 3.64. The molecule has 1 aromatic heterocycles. The van der Waals surface area contributed by atoms with E-state index in [-0.39, 0.29) is 5.92 Å². The molecule has 2 atom stereocenters. The Balaban J connectivity index is 1.89. The fourth-order valence-corrected chi connectivity index (χ4v) is 3.53. The third-order valence-corrected chi connectivity index (χ3v) is 4.83. The number of carboxylic acid groups (broad SMARTS) is 1. The zero-order valence-electron chi connectivity index (χ0n) is 14.7. The van der Waals surface area contributed by atoms with Crippen LogP contribution in [-0.4, -0.2) is 52.8 Å². The van der Waals surface area contributed by atoms with Crippen LogP contribution in [0.5, 0.6) is 11.5 Å². The number of aryl methyl sites for hydroxylation is 1. The average molecular weight is 345 g/mol. The van der Waals surface area contributed by atoms with Crippen molar-refractivity contribution in [1.82, 2.24) is 14.5 Å². The molecule has 0 aliphatic carbocycles. The molecule has 25 heavy (non-hydrogen) atoms. The minimum absolute atomic E-state index is 0.164. The highest BCUT2D eigenvalue weighted by Crippen LogP contribution is 2.42. The Morgan fingerprint density at radius 3 is 2.72 bits per heavy atom. The highest BCUT2D eigenvalue weighted by Gasteiger charge is 2.40. The van der Waals surface area contributed by atoms with E-state index in [1.54, 1.807) is 20.4 Å². The van der Waals surface area contributed by atoms with Gasteiger partial charge in [0, 0.05) is 44.0 Å². The average Bonchev–Trinajstić information content (AvgIpc) is 3.21. The zero-order chi connectivity index (χ0) is 18.0. The van der Waals surface area contributed by atoms with Crippen molar-refractivity contribution in [3.05, 3.63) is 42.0 Å². The molecule has 3 rings (SSSR count). The molecule has 0 radical (unpaired) electrons. The fourth-order valence-electron chi connectivity index (χ4n) is 3.53. The molecule has 0 amide bonds. The van der Waals surface area contributed by atoms with Crippen molar-refractivity contribution in [3.8, 4) is 11.5 Å². The Morgan fingerprint density at radius 2 is 2.12 bits per heavy atom. The Labute approximate surface area is 146 Å². The number of rotatable bonds is 6. The van der Waals surface area contributed by atoms with Crippen LogP contribution in [0.3, 0.4) is 0 Å². The smallest absolute Gasteiger partial charge is 0.308 e. The molecular weight excluding hydrogens is 322 g/mol. The van der Waals surface area contributed by atoms with E-state index < -0.39 is 11.9 Å². The first-order valence-corrected chi connectivity index (χ1v) is 8.17. The van der Waals surface area contributed by atoms with Crippen LogP contribution in [0.25, 0.3) is 0 Å². The lowest BCUT2D eigenvalue weighted by atomic mass is 9.88. The topological polar surface area (TPSA) is 76.8 Å². The number of para-hydroxylation sites is 1. The Hall–Kier alpha value is -2.54. The van der Waals surface area contributed by atoms with Gasteiger partial charge in [0.25, 0.3) is 0 Å². The summed E-state index contributed by atoms with van der Waals surface area (Å²) in [5.41, 5.74) is 0.872. The Bertz CT molecular complexity index is 759. The number of likely N-dealkylation sites (tertiary alicyclic amines) is 1. The zero-order valence-corrected chi connectivity index (χ0v) is 14.7. The summed E-state index contributed by atoms with van der Waals surface area (Å²) in [7, 11) is 5.10. The van der Waals surface area contributed by atoms with Crippen molar-refractivity contribution in [2.45, 2.75) is 12.5 Å². The Kier molecular flexibility index (Phi) is 4.94. The number of aliphatic carboxylic acids is 1. The fraction of sp³-hybridized carbons (Fsp3) is 0.444. The summed E-state index contributed by atoms with van der Waals surface area (Å²) in [5, 5.41) is 9.71. The quantitative estimate of drug-likeness (QED) is 0.859. The summed E-state index contributed by atoms with van der Waals surface area (Å²) in [5.74, 6) is 0.690. The van der Waals surface area contributed by atoms with Crippen molar-refractivity contribution < 1.29 is 19.4 Å². The van der Waals surface area contributed by atoms with Crippen LogP contribution in [-0.2, 0) is 18.4 Å². The van der Waals surface area contributed by atoms with Crippen LogP contribution in [0, 0.1) is 5.92 Å². The lowest BCUT2D eigenvalue weighted by molar-refractivity contribution is -0.141. The summed E-state index contributed by atoms with van der Waals surface area (Å²) >= 11 is 0. The van der Waals surface area contributed by atoms with Gasteiger partial charge in [-0.3, -0.25) is 9.69 Å². The monoisotopic (exact) mass is 345 g/mol. The molecule has 7 heteroatoms. The maximum atomic E-state index is 11.8. The van der Waals surface area contributed by atoms with E-state index in [4.69, 9.17) is 9.47 Å². The number of nitrogens with zero attached hydrogens (tertiary/aromatic N) is 3. The first-order chi connectivity index (χ1) is 12.0. The van der Waals surface area contributed by atoms with Gasteiger partial charge in [0.2, 0.25) is 0 Å². The van der Waals surface area contributed by atoms with Crippen molar-refractivity contribution in [2.24, 2.45) is 13.0 Å². The second-order valence-corrected chi connectivity index (χ2v) is 6.28. The maximum absolute atomic E-state index is 11.8. The van der Waals surface area contributed by atoms with Crippen LogP contribution in [0.4, 0.5) is 0 Å². The predicted octanol–water partition coefficient (Wildman–Crippen LogP) is 1.74. The van der Waals surface area contributed by atoms with Gasteiger partial charge >= 0.3 is 5.97 Å². The van der Waals surface area contributed by atoms with Crippen molar-refractivity contribution >= 4 is 5.97 Å². The third kappa shape index (κ3) is 3.32. The largest absolute Gasteiger partial charge is 0.493 e.